The molecule has 0 radical (unpaired) electrons. The van der Waals surface area contributed by atoms with E-state index in [2.05, 4.69) is 10.6 Å². The van der Waals surface area contributed by atoms with Crippen LogP contribution >= 0.6 is 11.6 Å². The Morgan fingerprint density at radius 1 is 1.17 bits per heavy atom. The fourth-order valence-electron chi connectivity index (χ4n) is 2.21. The van der Waals surface area contributed by atoms with Gasteiger partial charge < -0.3 is 10.6 Å². The molecule has 2 N–H and O–H groups in total. The van der Waals surface area contributed by atoms with Gasteiger partial charge in [0.2, 0.25) is 0 Å². The Hall–Kier alpha value is -2.21. The van der Waals surface area contributed by atoms with E-state index in [4.69, 9.17) is 11.6 Å². The average Bonchev–Trinajstić information content (AvgIpc) is 2.48. The van der Waals surface area contributed by atoms with Crippen LogP contribution in [0.3, 0.4) is 0 Å². The minimum absolute atomic E-state index is 0.0484. The Morgan fingerprint density at radius 3 is 2.58 bits per heavy atom. The average molecular weight is 357 g/mol. The molecule has 0 fully saturated rings. The first-order chi connectivity index (χ1) is 11.3. The highest BCUT2D eigenvalue weighted by atomic mass is 35.5. The van der Waals surface area contributed by atoms with Crippen LogP contribution in [0.4, 0.5) is 23.7 Å². The zero-order chi connectivity index (χ0) is 17.7. The maximum absolute atomic E-state index is 13.0. The van der Waals surface area contributed by atoms with E-state index in [9.17, 15) is 18.0 Å². The normalized spacial score (nSPS) is 11.2. The molecular weight excluding hydrogens is 341 g/mol. The molecule has 2 rings (SSSR count). The van der Waals surface area contributed by atoms with E-state index in [1.807, 2.05) is 31.2 Å². The lowest BCUT2D eigenvalue weighted by Crippen LogP contribution is -2.31. The van der Waals surface area contributed by atoms with E-state index in [1.54, 1.807) is 0 Å². The molecule has 0 atom stereocenters. The number of aryl methyl sites for hydroxylation is 1. The first-order valence-electron chi connectivity index (χ1n) is 7.23. The first-order valence-corrected chi connectivity index (χ1v) is 7.60. The van der Waals surface area contributed by atoms with Crippen molar-refractivity contribution in [3.63, 3.8) is 0 Å². The number of amides is 2. The molecule has 0 spiro atoms. The molecule has 7 heteroatoms. The summed E-state index contributed by atoms with van der Waals surface area (Å²) >= 11 is 5.60. The van der Waals surface area contributed by atoms with Gasteiger partial charge in [0, 0.05) is 11.6 Å². The number of halogens is 4. The molecule has 128 valence electrons. The van der Waals surface area contributed by atoms with Gasteiger partial charge in [-0.2, -0.15) is 13.2 Å². The summed E-state index contributed by atoms with van der Waals surface area (Å²) in [6.07, 6.45) is -4.02. The molecule has 0 aliphatic heterocycles. The standard InChI is InChI=1S/C17H16ClF3N2O/c1-11-3-2-4-12(9-11)7-8-22-16(24)23-15-6-5-13(18)10-14(15)17(19,20)21/h2-6,9-10H,7-8H2,1H3,(H2,22,23,24). The van der Waals surface area contributed by atoms with Crippen molar-refractivity contribution >= 4 is 23.3 Å². The molecule has 0 aromatic heterocycles. The fourth-order valence-corrected chi connectivity index (χ4v) is 2.39. The maximum Gasteiger partial charge on any atom is 0.418 e. The van der Waals surface area contributed by atoms with Crippen LogP contribution in [-0.4, -0.2) is 12.6 Å². The summed E-state index contributed by atoms with van der Waals surface area (Å²) < 4.78 is 38.9. The van der Waals surface area contributed by atoms with Crippen molar-refractivity contribution in [2.45, 2.75) is 19.5 Å². The van der Waals surface area contributed by atoms with Gasteiger partial charge in [-0.3, -0.25) is 0 Å². The number of carbonyl (C=O) groups excluding carboxylic acids is 1. The van der Waals surface area contributed by atoms with Gasteiger partial charge in [-0.1, -0.05) is 41.4 Å². The van der Waals surface area contributed by atoms with Gasteiger partial charge in [0.05, 0.1) is 11.3 Å². The summed E-state index contributed by atoms with van der Waals surface area (Å²) in [6.45, 7) is 2.27. The fraction of sp³-hybridized carbons (Fsp3) is 0.235. The van der Waals surface area contributed by atoms with Crippen molar-refractivity contribution in [2.75, 3.05) is 11.9 Å². The lowest BCUT2D eigenvalue weighted by molar-refractivity contribution is -0.136. The predicted molar refractivity (Wildman–Crippen MR) is 88.4 cm³/mol. The Kier molecular flexibility index (Phi) is 5.72. The lowest BCUT2D eigenvalue weighted by atomic mass is 10.1. The van der Waals surface area contributed by atoms with Gasteiger partial charge in [0.1, 0.15) is 0 Å². The van der Waals surface area contributed by atoms with Crippen LogP contribution in [0.1, 0.15) is 16.7 Å². The molecule has 0 aliphatic carbocycles. The van der Waals surface area contributed by atoms with Crippen molar-refractivity contribution < 1.29 is 18.0 Å². The molecule has 0 bridgehead atoms. The number of carbonyl (C=O) groups is 1. The second kappa shape index (κ2) is 7.57. The van der Waals surface area contributed by atoms with E-state index in [-0.39, 0.29) is 10.7 Å². The smallest absolute Gasteiger partial charge is 0.338 e. The molecule has 2 aromatic rings. The zero-order valence-corrected chi connectivity index (χ0v) is 13.6. The quantitative estimate of drug-likeness (QED) is 0.792. The number of anilines is 1. The van der Waals surface area contributed by atoms with Gasteiger partial charge >= 0.3 is 12.2 Å². The van der Waals surface area contributed by atoms with Gasteiger partial charge in [-0.05, 0) is 37.1 Å². The van der Waals surface area contributed by atoms with Crippen molar-refractivity contribution in [3.8, 4) is 0 Å². The van der Waals surface area contributed by atoms with E-state index < -0.39 is 17.8 Å². The Labute approximate surface area is 142 Å². The highest BCUT2D eigenvalue weighted by Gasteiger charge is 2.34. The van der Waals surface area contributed by atoms with Crippen molar-refractivity contribution in [2.24, 2.45) is 0 Å². The highest BCUT2D eigenvalue weighted by Crippen LogP contribution is 2.36. The molecule has 2 aromatic carbocycles. The van der Waals surface area contributed by atoms with Gasteiger partial charge in [0.15, 0.2) is 0 Å². The topological polar surface area (TPSA) is 41.1 Å². The number of nitrogens with one attached hydrogen (secondary N) is 2. The van der Waals surface area contributed by atoms with Gasteiger partial charge in [0.25, 0.3) is 0 Å². The summed E-state index contributed by atoms with van der Waals surface area (Å²) in [4.78, 5) is 11.8. The predicted octanol–water partition coefficient (Wildman–Crippen LogP) is 5.03. The monoisotopic (exact) mass is 356 g/mol. The largest absolute Gasteiger partial charge is 0.418 e. The maximum atomic E-state index is 13.0. The second-order valence-electron chi connectivity index (χ2n) is 5.31. The van der Waals surface area contributed by atoms with Crippen LogP contribution < -0.4 is 10.6 Å². The summed E-state index contributed by atoms with van der Waals surface area (Å²) in [5, 5.41) is 4.71. The molecule has 2 amide bonds. The Bertz CT molecular complexity index is 732. The number of alkyl halides is 3. The van der Waals surface area contributed by atoms with Crippen LogP contribution in [0, 0.1) is 6.92 Å². The van der Waals surface area contributed by atoms with Gasteiger partial charge in [-0.25, -0.2) is 4.79 Å². The van der Waals surface area contributed by atoms with Gasteiger partial charge in [-0.15, -0.1) is 0 Å². The first kappa shape index (κ1) is 18.1. The number of hydrogen-bond donors (Lipinski definition) is 2. The highest BCUT2D eigenvalue weighted by molar-refractivity contribution is 6.30. The molecule has 0 saturated carbocycles. The third kappa shape index (κ3) is 5.16. The van der Waals surface area contributed by atoms with Crippen molar-refractivity contribution in [3.05, 3.63) is 64.2 Å². The number of hydrogen-bond acceptors (Lipinski definition) is 1. The number of urea groups is 1. The summed E-state index contributed by atoms with van der Waals surface area (Å²) in [5.41, 5.74) is 0.828. The Morgan fingerprint density at radius 2 is 1.92 bits per heavy atom. The van der Waals surface area contributed by atoms with Crippen molar-refractivity contribution in [1.82, 2.24) is 5.32 Å². The third-order valence-electron chi connectivity index (χ3n) is 3.32. The number of benzene rings is 2. The minimum Gasteiger partial charge on any atom is -0.338 e. The number of rotatable bonds is 4. The lowest BCUT2D eigenvalue weighted by Gasteiger charge is -2.14. The van der Waals surface area contributed by atoms with Crippen LogP contribution in [0.15, 0.2) is 42.5 Å². The third-order valence-corrected chi connectivity index (χ3v) is 3.55. The molecule has 0 saturated heterocycles. The molecule has 24 heavy (non-hydrogen) atoms. The van der Waals surface area contributed by atoms with E-state index in [0.717, 1.165) is 23.3 Å². The van der Waals surface area contributed by atoms with Crippen molar-refractivity contribution in [1.29, 1.82) is 0 Å². The molecule has 0 aliphatic rings. The van der Waals surface area contributed by atoms with E-state index >= 15 is 0 Å². The molecule has 3 nitrogen and oxygen atoms in total. The second-order valence-corrected chi connectivity index (χ2v) is 5.74. The molecular formula is C17H16ClF3N2O. The van der Waals surface area contributed by atoms with Crippen LogP contribution in [-0.2, 0) is 12.6 Å². The minimum atomic E-state index is -4.60. The van der Waals surface area contributed by atoms with Crippen LogP contribution in [0.25, 0.3) is 0 Å². The summed E-state index contributed by atoms with van der Waals surface area (Å²) in [5.74, 6) is 0. The summed E-state index contributed by atoms with van der Waals surface area (Å²) in [6, 6.07) is 10.3. The zero-order valence-electron chi connectivity index (χ0n) is 12.9. The van der Waals surface area contributed by atoms with Crippen LogP contribution in [0.5, 0.6) is 0 Å². The molecule has 0 unspecified atom stereocenters. The summed E-state index contributed by atoms with van der Waals surface area (Å²) in [7, 11) is 0. The Balaban J connectivity index is 1.95. The SMILES string of the molecule is Cc1cccc(CCNC(=O)Nc2ccc(Cl)cc2C(F)(F)F)c1. The van der Waals surface area contributed by atoms with E-state index in [1.165, 1.54) is 6.07 Å². The van der Waals surface area contributed by atoms with Crippen LogP contribution in [0.2, 0.25) is 5.02 Å². The van der Waals surface area contributed by atoms with E-state index in [0.29, 0.717) is 13.0 Å². The molecule has 0 heterocycles.